The zero-order chi connectivity index (χ0) is 24.4. The lowest BCUT2D eigenvalue weighted by Gasteiger charge is -2.87. The predicted octanol–water partition coefficient (Wildman–Crippen LogP) is 3.80. The number of aromatic nitrogens is 1. The Hall–Kier alpha value is -1.96. The standard InChI is InChI=1S/C29H35N3O3S/c1-2-24-27-26-20(17-32(24)36(34,35)22-4-3-10-30-15-22)14-29(26)25-12-19-7-8-21(33)13-23(19)28(27,29)9-11-31(25)16-18-5-6-18/h3-4,7-8,10,13,15,18,20,24-27,33H,2,5-6,9,11-12,14,16-17H2,1H3/t20-,24?,25?,26?,27?,28?,29?/m1/s1. The van der Waals surface area contributed by atoms with Crippen molar-refractivity contribution in [2.45, 2.75) is 67.8 Å². The number of pyridine rings is 1. The molecule has 190 valence electrons. The van der Waals surface area contributed by atoms with E-state index in [2.05, 4.69) is 28.9 Å². The molecule has 8 rings (SSSR count). The van der Waals surface area contributed by atoms with Crippen LogP contribution in [0.1, 0.15) is 50.2 Å². The predicted molar refractivity (Wildman–Crippen MR) is 136 cm³/mol. The van der Waals surface area contributed by atoms with Gasteiger partial charge in [0.2, 0.25) is 10.0 Å². The number of sulfonamides is 1. The summed E-state index contributed by atoms with van der Waals surface area (Å²) in [6.45, 7) is 5.13. The Morgan fingerprint density at radius 3 is 2.81 bits per heavy atom. The lowest BCUT2D eigenvalue weighted by Crippen LogP contribution is -2.90. The van der Waals surface area contributed by atoms with Gasteiger partial charge in [0.25, 0.3) is 0 Å². The maximum Gasteiger partial charge on any atom is 0.244 e. The molecule has 0 radical (unpaired) electrons. The van der Waals surface area contributed by atoms with Crippen molar-refractivity contribution in [2.75, 3.05) is 19.6 Å². The molecule has 2 aromatic rings. The maximum absolute atomic E-state index is 13.9. The van der Waals surface area contributed by atoms with Crippen molar-refractivity contribution in [3.05, 3.63) is 53.9 Å². The van der Waals surface area contributed by atoms with Gasteiger partial charge in [0, 0.05) is 48.4 Å². The minimum Gasteiger partial charge on any atom is -0.508 e. The third-order valence-electron chi connectivity index (χ3n) is 11.4. The van der Waals surface area contributed by atoms with Crippen molar-refractivity contribution < 1.29 is 13.5 Å². The van der Waals surface area contributed by atoms with Gasteiger partial charge in [-0.1, -0.05) is 13.0 Å². The molecule has 5 fully saturated rings. The minimum atomic E-state index is -3.62. The number of hydrogen-bond acceptors (Lipinski definition) is 5. The summed E-state index contributed by atoms with van der Waals surface area (Å²) in [5, 5.41) is 10.6. The van der Waals surface area contributed by atoms with Crippen molar-refractivity contribution >= 4 is 10.0 Å². The lowest BCUT2D eigenvalue weighted by atomic mass is 9.20. The van der Waals surface area contributed by atoms with Gasteiger partial charge in [-0.3, -0.25) is 9.88 Å². The number of nitrogens with zero attached hydrogens (tertiary/aromatic N) is 3. The van der Waals surface area contributed by atoms with Gasteiger partial charge < -0.3 is 5.11 Å². The Balaban J connectivity index is 1.27. The molecule has 6 nitrogen and oxygen atoms in total. The summed E-state index contributed by atoms with van der Waals surface area (Å²) in [6.07, 6.45) is 9.97. The van der Waals surface area contributed by atoms with E-state index in [9.17, 15) is 13.5 Å². The van der Waals surface area contributed by atoms with Crippen LogP contribution in [0.3, 0.4) is 0 Å². The average Bonchev–Trinajstić information content (AvgIpc) is 3.68. The number of phenols is 1. The van der Waals surface area contributed by atoms with E-state index in [1.165, 1.54) is 36.7 Å². The van der Waals surface area contributed by atoms with Gasteiger partial charge in [0.1, 0.15) is 10.6 Å². The van der Waals surface area contributed by atoms with E-state index in [1.807, 2.05) is 10.4 Å². The van der Waals surface area contributed by atoms with Gasteiger partial charge in [0.15, 0.2) is 0 Å². The quantitative estimate of drug-likeness (QED) is 0.669. The summed E-state index contributed by atoms with van der Waals surface area (Å²) in [5.41, 5.74) is 2.93. The molecule has 2 saturated heterocycles. The van der Waals surface area contributed by atoms with Gasteiger partial charge in [0.05, 0.1) is 0 Å². The number of phenolic OH excluding ortho intramolecular Hbond substituents is 1. The molecule has 4 aliphatic carbocycles. The highest BCUT2D eigenvalue weighted by Gasteiger charge is 2.86. The highest BCUT2D eigenvalue weighted by Crippen LogP contribution is 2.84. The molecule has 1 aromatic heterocycles. The molecule has 1 N–H and O–H groups in total. The molecule has 3 heterocycles. The first-order chi connectivity index (χ1) is 17.4. The Labute approximate surface area is 213 Å². The maximum atomic E-state index is 13.9. The second kappa shape index (κ2) is 7.12. The Kier molecular flexibility index (Phi) is 4.36. The van der Waals surface area contributed by atoms with Gasteiger partial charge >= 0.3 is 0 Å². The average molecular weight is 506 g/mol. The first-order valence-corrected chi connectivity index (χ1v) is 15.3. The molecule has 0 amide bonds. The number of fused-ring (bicyclic) bond motifs is 1. The smallest absolute Gasteiger partial charge is 0.244 e. The number of rotatable bonds is 5. The summed E-state index contributed by atoms with van der Waals surface area (Å²) in [6, 6.07) is 10.0. The molecular weight excluding hydrogens is 470 g/mol. The Morgan fingerprint density at radius 2 is 2.06 bits per heavy atom. The number of piperidine rings is 2. The van der Waals surface area contributed by atoms with Gasteiger partial charge in [-0.2, -0.15) is 4.31 Å². The van der Waals surface area contributed by atoms with E-state index in [0.717, 1.165) is 38.1 Å². The van der Waals surface area contributed by atoms with Crippen molar-refractivity contribution in [1.82, 2.24) is 14.2 Å². The molecule has 7 atom stereocenters. The Morgan fingerprint density at radius 1 is 1.19 bits per heavy atom. The van der Waals surface area contributed by atoms with E-state index >= 15 is 0 Å². The topological polar surface area (TPSA) is 73.7 Å². The van der Waals surface area contributed by atoms with E-state index in [4.69, 9.17) is 0 Å². The fourth-order valence-corrected chi connectivity index (χ4v) is 11.9. The molecule has 2 aliphatic heterocycles. The third kappa shape index (κ3) is 2.46. The van der Waals surface area contributed by atoms with Crippen LogP contribution in [0.2, 0.25) is 0 Å². The highest BCUT2D eigenvalue weighted by atomic mass is 32.2. The molecule has 7 heteroatoms. The summed E-state index contributed by atoms with van der Waals surface area (Å²) in [4.78, 5) is 7.26. The van der Waals surface area contributed by atoms with E-state index in [0.29, 0.717) is 41.0 Å². The van der Waals surface area contributed by atoms with E-state index in [1.54, 1.807) is 18.3 Å². The highest BCUT2D eigenvalue weighted by molar-refractivity contribution is 7.89. The number of hydrogen-bond donors (Lipinski definition) is 1. The molecule has 1 spiro atoms. The van der Waals surface area contributed by atoms with Crippen LogP contribution in [-0.4, -0.2) is 59.4 Å². The first kappa shape index (κ1) is 22.1. The van der Waals surface area contributed by atoms with Crippen molar-refractivity contribution in [3.63, 3.8) is 0 Å². The van der Waals surface area contributed by atoms with Crippen LogP contribution in [0.5, 0.6) is 5.75 Å². The fraction of sp³-hybridized carbons (Fsp3) is 0.621. The third-order valence-corrected chi connectivity index (χ3v) is 13.2. The van der Waals surface area contributed by atoms with Crippen LogP contribution in [0.15, 0.2) is 47.6 Å². The molecule has 6 aliphatic rings. The summed E-state index contributed by atoms with van der Waals surface area (Å²) < 4.78 is 29.7. The van der Waals surface area contributed by atoms with Crippen LogP contribution in [0, 0.1) is 29.1 Å². The van der Waals surface area contributed by atoms with Crippen molar-refractivity contribution in [1.29, 1.82) is 0 Å². The van der Waals surface area contributed by atoms with Crippen LogP contribution < -0.4 is 0 Å². The van der Waals surface area contributed by atoms with Gasteiger partial charge in [-0.25, -0.2) is 8.42 Å². The largest absolute Gasteiger partial charge is 0.508 e. The zero-order valence-electron chi connectivity index (χ0n) is 20.9. The lowest BCUT2D eigenvalue weighted by molar-refractivity contribution is -0.347. The minimum absolute atomic E-state index is 0.0196. The summed E-state index contributed by atoms with van der Waals surface area (Å²) in [7, 11) is -3.62. The number of likely N-dealkylation sites (tertiary alicyclic amines) is 1. The first-order valence-electron chi connectivity index (χ1n) is 13.9. The second-order valence-electron chi connectivity index (χ2n) is 12.5. The molecular formula is C29H35N3O3S. The zero-order valence-corrected chi connectivity index (χ0v) is 21.7. The number of aromatic hydroxyl groups is 1. The van der Waals surface area contributed by atoms with Crippen LogP contribution in [-0.2, 0) is 21.9 Å². The molecule has 6 unspecified atom stereocenters. The number of benzene rings is 1. The van der Waals surface area contributed by atoms with Crippen molar-refractivity contribution in [3.8, 4) is 5.75 Å². The monoisotopic (exact) mass is 505 g/mol. The van der Waals surface area contributed by atoms with Crippen LogP contribution in [0.25, 0.3) is 0 Å². The second-order valence-corrected chi connectivity index (χ2v) is 14.4. The van der Waals surface area contributed by atoms with Gasteiger partial charge in [-0.05, 0) is 104 Å². The summed E-state index contributed by atoms with van der Waals surface area (Å²) in [5.74, 6) is 2.55. The van der Waals surface area contributed by atoms with Gasteiger partial charge in [-0.15, -0.1) is 0 Å². The van der Waals surface area contributed by atoms with E-state index < -0.39 is 10.0 Å². The van der Waals surface area contributed by atoms with Crippen LogP contribution in [0.4, 0.5) is 0 Å². The fourth-order valence-electron chi connectivity index (χ4n) is 10.2. The molecule has 1 aromatic carbocycles. The van der Waals surface area contributed by atoms with Crippen LogP contribution >= 0.6 is 0 Å². The molecule has 3 saturated carbocycles. The normalized spacial score (nSPS) is 40.9. The Bertz CT molecular complexity index is 1340. The molecule has 36 heavy (non-hydrogen) atoms. The SMILES string of the molecule is CCC1C2C3[C@@H](CN1S(=O)(=O)c1cccnc1)CC31C3Cc4ccc(O)cc4C21CCN3CC1CC1. The summed E-state index contributed by atoms with van der Waals surface area (Å²) >= 11 is 0. The van der Waals surface area contributed by atoms with Crippen molar-refractivity contribution in [2.24, 2.45) is 29.1 Å². The van der Waals surface area contributed by atoms with E-state index in [-0.39, 0.29) is 16.9 Å². The molecule has 2 bridgehead atoms.